The molecule has 1 fully saturated rings. The number of halogens is 1. The number of H-pyrrole nitrogens is 1. The zero-order valence-corrected chi connectivity index (χ0v) is 20.0. The number of benzene rings is 2. The molecular weight excluding hydrogens is 470 g/mol. The normalized spacial score (nSPS) is 18.8. The molecule has 2 aromatic carbocycles. The van der Waals surface area contributed by atoms with Crippen LogP contribution in [-0.4, -0.2) is 33.1 Å². The Morgan fingerprint density at radius 1 is 1.06 bits per heavy atom. The summed E-state index contributed by atoms with van der Waals surface area (Å²) in [6.45, 7) is 0.555. The summed E-state index contributed by atoms with van der Waals surface area (Å²) in [4.78, 5) is 52.1. The second-order valence-electron chi connectivity index (χ2n) is 9.20. The first-order valence-electron chi connectivity index (χ1n) is 11.8. The quantitative estimate of drug-likeness (QED) is 0.439. The van der Waals surface area contributed by atoms with Crippen LogP contribution in [0.25, 0.3) is 10.9 Å². The summed E-state index contributed by atoms with van der Waals surface area (Å²) >= 11 is 5.93. The lowest BCUT2D eigenvalue weighted by Crippen LogP contribution is -2.39. The molecule has 0 bridgehead atoms. The van der Waals surface area contributed by atoms with Crippen molar-refractivity contribution in [2.24, 2.45) is 11.8 Å². The van der Waals surface area contributed by atoms with Gasteiger partial charge in [-0.15, -0.1) is 0 Å². The predicted octanol–water partition coefficient (Wildman–Crippen LogP) is 3.52. The van der Waals surface area contributed by atoms with Gasteiger partial charge in [-0.2, -0.15) is 0 Å². The van der Waals surface area contributed by atoms with Gasteiger partial charge in [-0.05, 0) is 61.4 Å². The number of carboxylic acids is 1. The Morgan fingerprint density at radius 2 is 1.74 bits per heavy atom. The molecule has 35 heavy (non-hydrogen) atoms. The number of hydrogen-bond acceptors (Lipinski definition) is 4. The van der Waals surface area contributed by atoms with E-state index in [0.717, 1.165) is 18.4 Å². The van der Waals surface area contributed by atoms with Gasteiger partial charge in [-0.25, -0.2) is 4.79 Å². The Bertz CT molecular complexity index is 1320. The maximum absolute atomic E-state index is 12.8. The number of nitrogens with one attached hydrogen (secondary N) is 2. The molecule has 1 atom stereocenters. The molecule has 1 amide bonds. The first-order chi connectivity index (χ1) is 16.8. The lowest BCUT2D eigenvalue weighted by Gasteiger charge is -2.28. The Kier molecular flexibility index (Phi) is 7.70. The molecule has 0 aliphatic heterocycles. The number of nitrogens with zero attached hydrogens (tertiary/aromatic N) is 1. The average molecular weight is 498 g/mol. The third-order valence-corrected chi connectivity index (χ3v) is 7.08. The van der Waals surface area contributed by atoms with E-state index in [1.165, 1.54) is 4.57 Å². The number of fused-ring (bicyclic) bond motifs is 1. The van der Waals surface area contributed by atoms with Crippen LogP contribution in [0, 0.1) is 11.8 Å². The molecule has 0 radical (unpaired) electrons. The highest BCUT2D eigenvalue weighted by molar-refractivity contribution is 6.30. The summed E-state index contributed by atoms with van der Waals surface area (Å²) in [5.74, 6) is -1.41. The Balaban J connectivity index is 1.34. The lowest BCUT2D eigenvalue weighted by molar-refractivity contribution is -0.137. The molecule has 1 aromatic heterocycles. The summed E-state index contributed by atoms with van der Waals surface area (Å²) in [7, 11) is 0. The number of aromatic amines is 1. The first-order valence-corrected chi connectivity index (χ1v) is 12.2. The standard InChI is InChI=1S/C26H28ClN3O5/c27-20-11-9-17(10-12-20)19(13-23(31)32)14-28-24(33)18-7-5-16(6-8-18)15-30-25(34)21-3-1-2-4-22(21)29-26(30)35/h1-4,9-12,16,18-19H,5-8,13-15H2,(H,28,33)(H,29,35)(H,31,32)/t16?,18?,19-/m0/s1. The molecule has 1 saturated carbocycles. The molecule has 1 aliphatic carbocycles. The van der Waals surface area contributed by atoms with Crippen molar-refractivity contribution in [3.8, 4) is 0 Å². The predicted molar refractivity (Wildman–Crippen MR) is 134 cm³/mol. The van der Waals surface area contributed by atoms with E-state index in [0.29, 0.717) is 35.3 Å². The summed E-state index contributed by atoms with van der Waals surface area (Å²) < 4.78 is 1.26. The van der Waals surface area contributed by atoms with Gasteiger partial charge >= 0.3 is 11.7 Å². The van der Waals surface area contributed by atoms with Gasteiger partial charge in [-0.1, -0.05) is 35.9 Å². The zero-order chi connectivity index (χ0) is 24.9. The monoisotopic (exact) mass is 497 g/mol. The largest absolute Gasteiger partial charge is 0.481 e. The van der Waals surface area contributed by atoms with Gasteiger partial charge in [0, 0.05) is 29.9 Å². The molecule has 4 rings (SSSR count). The molecule has 1 aliphatic rings. The van der Waals surface area contributed by atoms with Crippen LogP contribution in [0.5, 0.6) is 0 Å². The molecule has 0 saturated heterocycles. The second kappa shape index (κ2) is 10.9. The highest BCUT2D eigenvalue weighted by Gasteiger charge is 2.28. The van der Waals surface area contributed by atoms with E-state index in [2.05, 4.69) is 10.3 Å². The van der Waals surface area contributed by atoms with E-state index in [9.17, 15) is 24.3 Å². The molecule has 0 spiro atoms. The van der Waals surface area contributed by atoms with Gasteiger partial charge in [-0.3, -0.25) is 19.0 Å². The van der Waals surface area contributed by atoms with Crippen molar-refractivity contribution in [1.82, 2.24) is 14.9 Å². The van der Waals surface area contributed by atoms with Crippen LogP contribution in [-0.2, 0) is 16.1 Å². The minimum absolute atomic E-state index is 0.0893. The lowest BCUT2D eigenvalue weighted by atomic mass is 9.81. The number of hydrogen-bond donors (Lipinski definition) is 3. The van der Waals surface area contributed by atoms with E-state index < -0.39 is 11.7 Å². The number of carboxylic acid groups (broad SMARTS) is 1. The van der Waals surface area contributed by atoms with Crippen molar-refractivity contribution in [3.63, 3.8) is 0 Å². The highest BCUT2D eigenvalue weighted by atomic mass is 35.5. The minimum Gasteiger partial charge on any atom is -0.481 e. The number of rotatable bonds is 8. The zero-order valence-electron chi connectivity index (χ0n) is 19.2. The fourth-order valence-corrected chi connectivity index (χ4v) is 4.98. The van der Waals surface area contributed by atoms with Crippen molar-refractivity contribution >= 4 is 34.4 Å². The van der Waals surface area contributed by atoms with Gasteiger partial charge in [0.05, 0.1) is 17.3 Å². The van der Waals surface area contributed by atoms with E-state index >= 15 is 0 Å². The smallest absolute Gasteiger partial charge is 0.328 e. The van der Waals surface area contributed by atoms with Crippen LogP contribution >= 0.6 is 11.6 Å². The topological polar surface area (TPSA) is 121 Å². The third kappa shape index (κ3) is 6.00. The van der Waals surface area contributed by atoms with Crippen LogP contribution in [0.1, 0.15) is 43.6 Å². The number of carbonyl (C=O) groups excluding carboxylic acids is 1. The average Bonchev–Trinajstić information content (AvgIpc) is 2.85. The maximum atomic E-state index is 12.8. The van der Waals surface area contributed by atoms with Gasteiger partial charge in [0.2, 0.25) is 5.91 Å². The summed E-state index contributed by atoms with van der Waals surface area (Å²) in [5.41, 5.74) is 0.627. The van der Waals surface area contributed by atoms with Gasteiger partial charge in [0.15, 0.2) is 0 Å². The number of aromatic nitrogens is 2. The van der Waals surface area contributed by atoms with Crippen molar-refractivity contribution in [2.75, 3.05) is 6.54 Å². The Morgan fingerprint density at radius 3 is 2.43 bits per heavy atom. The van der Waals surface area contributed by atoms with Crippen LogP contribution in [0.3, 0.4) is 0 Å². The molecule has 184 valence electrons. The molecule has 1 heterocycles. The summed E-state index contributed by atoms with van der Waals surface area (Å²) in [5, 5.41) is 13.3. The van der Waals surface area contributed by atoms with E-state index in [-0.39, 0.29) is 42.2 Å². The first kappa shape index (κ1) is 24.7. The molecular formula is C26H28ClN3O5. The van der Waals surface area contributed by atoms with Crippen LogP contribution in [0.15, 0.2) is 58.1 Å². The number of aliphatic carboxylic acids is 1. The number of amides is 1. The van der Waals surface area contributed by atoms with Gasteiger partial charge in [0.25, 0.3) is 5.56 Å². The maximum Gasteiger partial charge on any atom is 0.328 e. The number of carbonyl (C=O) groups is 2. The van der Waals surface area contributed by atoms with Gasteiger partial charge < -0.3 is 15.4 Å². The van der Waals surface area contributed by atoms with Crippen molar-refractivity contribution in [1.29, 1.82) is 0 Å². The Hall–Kier alpha value is -3.39. The highest BCUT2D eigenvalue weighted by Crippen LogP contribution is 2.30. The molecule has 0 unspecified atom stereocenters. The molecule has 3 aromatic rings. The SMILES string of the molecule is O=C(O)C[C@@H](CNC(=O)C1CCC(Cn2c(=O)[nH]c3ccccc3c2=O)CC1)c1ccc(Cl)cc1. The molecule has 3 N–H and O–H groups in total. The van der Waals surface area contributed by atoms with Crippen LogP contribution in [0.2, 0.25) is 5.02 Å². The summed E-state index contributed by atoms with van der Waals surface area (Å²) in [6.07, 6.45) is 2.67. The van der Waals surface area contributed by atoms with Gasteiger partial charge in [0.1, 0.15) is 0 Å². The van der Waals surface area contributed by atoms with Crippen molar-refractivity contribution in [2.45, 2.75) is 44.6 Å². The van der Waals surface area contributed by atoms with E-state index in [4.69, 9.17) is 11.6 Å². The Labute approximate surface area is 206 Å². The fraction of sp³-hybridized carbons (Fsp3) is 0.385. The number of para-hydroxylation sites is 1. The van der Waals surface area contributed by atoms with Crippen molar-refractivity contribution < 1.29 is 14.7 Å². The van der Waals surface area contributed by atoms with Crippen molar-refractivity contribution in [3.05, 3.63) is 80.0 Å². The summed E-state index contributed by atoms with van der Waals surface area (Å²) in [6, 6.07) is 13.9. The van der Waals surface area contributed by atoms with E-state index in [1.807, 2.05) is 0 Å². The van der Waals surface area contributed by atoms with Crippen LogP contribution in [0.4, 0.5) is 0 Å². The van der Waals surface area contributed by atoms with E-state index in [1.54, 1.807) is 48.5 Å². The molecule has 9 heteroatoms. The molecule has 8 nitrogen and oxygen atoms in total. The van der Waals surface area contributed by atoms with Crippen LogP contribution < -0.4 is 16.6 Å². The second-order valence-corrected chi connectivity index (χ2v) is 9.64. The minimum atomic E-state index is -0.932. The fourth-order valence-electron chi connectivity index (χ4n) is 4.85. The third-order valence-electron chi connectivity index (χ3n) is 6.83.